The Morgan fingerprint density at radius 2 is 1.90 bits per heavy atom. The molecule has 170 valence electrons. The SMILES string of the molecule is C=C[C@H](C)[C@H](CCOCc1ccc(OC)cc1)OC(=O)[C@@]12CC[C@@](C)(C(=O)O1)C2(C)C. The van der Waals surface area contributed by atoms with E-state index in [-0.39, 0.29) is 11.9 Å². The van der Waals surface area contributed by atoms with E-state index in [1.807, 2.05) is 52.0 Å². The van der Waals surface area contributed by atoms with Crippen molar-refractivity contribution in [1.29, 1.82) is 0 Å². The van der Waals surface area contributed by atoms with Crippen LogP contribution in [-0.4, -0.2) is 37.4 Å². The molecule has 2 bridgehead atoms. The first kappa shape index (κ1) is 23.3. The minimum absolute atomic E-state index is 0.0575. The molecule has 6 nitrogen and oxygen atoms in total. The Bertz CT molecular complexity index is 829. The first-order chi connectivity index (χ1) is 14.6. The second kappa shape index (κ2) is 8.65. The van der Waals surface area contributed by atoms with Crippen molar-refractivity contribution in [2.75, 3.05) is 13.7 Å². The second-order valence-electron chi connectivity index (χ2n) is 9.40. The summed E-state index contributed by atoms with van der Waals surface area (Å²) in [6.45, 7) is 12.4. The average molecular weight is 431 g/mol. The van der Waals surface area contributed by atoms with Crippen molar-refractivity contribution in [3.8, 4) is 5.75 Å². The Labute approximate surface area is 184 Å². The van der Waals surface area contributed by atoms with Crippen molar-refractivity contribution < 1.29 is 28.5 Å². The van der Waals surface area contributed by atoms with E-state index in [2.05, 4.69) is 6.58 Å². The van der Waals surface area contributed by atoms with Crippen LogP contribution in [0.2, 0.25) is 0 Å². The molecule has 1 aromatic carbocycles. The highest BCUT2D eigenvalue weighted by molar-refractivity contribution is 5.93. The maximum absolute atomic E-state index is 13.3. The van der Waals surface area contributed by atoms with Crippen LogP contribution in [0.15, 0.2) is 36.9 Å². The Balaban J connectivity index is 1.60. The number of hydrogen-bond acceptors (Lipinski definition) is 6. The fourth-order valence-corrected chi connectivity index (χ4v) is 4.63. The van der Waals surface area contributed by atoms with Gasteiger partial charge in [-0.1, -0.05) is 39.0 Å². The lowest BCUT2D eigenvalue weighted by Crippen LogP contribution is -2.50. The summed E-state index contributed by atoms with van der Waals surface area (Å²) in [6.07, 6.45) is 3.00. The van der Waals surface area contributed by atoms with Gasteiger partial charge in [-0.2, -0.15) is 0 Å². The summed E-state index contributed by atoms with van der Waals surface area (Å²) in [7, 11) is 1.63. The highest BCUT2D eigenvalue weighted by atomic mass is 16.6. The number of hydrogen-bond donors (Lipinski definition) is 0. The molecule has 4 atom stereocenters. The highest BCUT2D eigenvalue weighted by Crippen LogP contribution is 2.65. The van der Waals surface area contributed by atoms with Gasteiger partial charge < -0.3 is 18.9 Å². The predicted octanol–water partition coefficient (Wildman–Crippen LogP) is 4.46. The lowest BCUT2D eigenvalue weighted by molar-refractivity contribution is -0.189. The first-order valence-corrected chi connectivity index (χ1v) is 10.9. The third-order valence-corrected chi connectivity index (χ3v) is 7.60. The van der Waals surface area contributed by atoms with Gasteiger partial charge in [-0.05, 0) is 37.5 Å². The molecule has 0 unspecified atom stereocenters. The minimum Gasteiger partial charge on any atom is -0.497 e. The van der Waals surface area contributed by atoms with Crippen LogP contribution >= 0.6 is 0 Å². The number of ether oxygens (including phenoxy) is 4. The van der Waals surface area contributed by atoms with Gasteiger partial charge >= 0.3 is 11.9 Å². The van der Waals surface area contributed by atoms with Crippen LogP contribution in [0.1, 0.15) is 52.5 Å². The maximum atomic E-state index is 13.3. The van der Waals surface area contributed by atoms with Crippen LogP contribution in [0.25, 0.3) is 0 Å². The van der Waals surface area contributed by atoms with Gasteiger partial charge in [0.05, 0.1) is 25.7 Å². The van der Waals surface area contributed by atoms with Crippen LogP contribution in [-0.2, 0) is 30.4 Å². The van der Waals surface area contributed by atoms with Crippen LogP contribution in [0.5, 0.6) is 5.75 Å². The van der Waals surface area contributed by atoms with Crippen LogP contribution in [0.4, 0.5) is 0 Å². The lowest BCUT2D eigenvalue weighted by Gasteiger charge is -2.36. The van der Waals surface area contributed by atoms with E-state index in [1.165, 1.54) is 0 Å². The molecule has 1 aromatic rings. The number of rotatable bonds is 10. The summed E-state index contributed by atoms with van der Waals surface area (Å²) in [5, 5.41) is 0. The van der Waals surface area contributed by atoms with E-state index in [4.69, 9.17) is 18.9 Å². The Morgan fingerprint density at radius 3 is 2.42 bits per heavy atom. The molecule has 2 fully saturated rings. The van der Waals surface area contributed by atoms with Crippen LogP contribution in [0.3, 0.4) is 0 Å². The number of carbonyl (C=O) groups excluding carboxylic acids is 2. The minimum atomic E-state index is -1.22. The van der Waals surface area contributed by atoms with Crippen molar-refractivity contribution in [2.24, 2.45) is 16.7 Å². The van der Waals surface area contributed by atoms with E-state index < -0.39 is 28.5 Å². The normalized spacial score (nSPS) is 28.0. The molecule has 0 amide bonds. The second-order valence-corrected chi connectivity index (χ2v) is 9.40. The molecular weight excluding hydrogens is 396 g/mol. The Kier molecular flexibility index (Phi) is 6.51. The summed E-state index contributed by atoms with van der Waals surface area (Å²) in [5.41, 5.74) is -1.47. The van der Waals surface area contributed by atoms with E-state index in [1.54, 1.807) is 13.2 Å². The van der Waals surface area contributed by atoms with Gasteiger partial charge in [0.2, 0.25) is 5.60 Å². The quantitative estimate of drug-likeness (QED) is 0.310. The van der Waals surface area contributed by atoms with Gasteiger partial charge in [-0.25, -0.2) is 4.79 Å². The monoisotopic (exact) mass is 430 g/mol. The van der Waals surface area contributed by atoms with Crippen LogP contribution < -0.4 is 4.74 Å². The van der Waals surface area contributed by atoms with Crippen LogP contribution in [0, 0.1) is 16.7 Å². The molecule has 1 aliphatic carbocycles. The summed E-state index contributed by atoms with van der Waals surface area (Å²) in [5.74, 6) is -0.0239. The molecule has 6 heteroatoms. The average Bonchev–Trinajstić information content (AvgIpc) is 3.06. The predicted molar refractivity (Wildman–Crippen MR) is 116 cm³/mol. The highest BCUT2D eigenvalue weighted by Gasteiger charge is 2.76. The van der Waals surface area contributed by atoms with E-state index >= 15 is 0 Å². The molecule has 0 radical (unpaired) electrons. The van der Waals surface area contributed by atoms with Crippen molar-refractivity contribution in [1.82, 2.24) is 0 Å². The van der Waals surface area contributed by atoms with E-state index in [9.17, 15) is 9.59 Å². The number of fused-ring (bicyclic) bond motifs is 2. The van der Waals surface area contributed by atoms with Gasteiger partial charge in [-0.15, -0.1) is 6.58 Å². The molecule has 31 heavy (non-hydrogen) atoms. The van der Waals surface area contributed by atoms with Crippen molar-refractivity contribution in [3.05, 3.63) is 42.5 Å². The molecule has 0 aromatic heterocycles. The Hall–Kier alpha value is -2.34. The summed E-state index contributed by atoms with van der Waals surface area (Å²) < 4.78 is 22.6. The molecular formula is C25H34O6. The van der Waals surface area contributed by atoms with Crippen molar-refractivity contribution >= 4 is 11.9 Å². The smallest absolute Gasteiger partial charge is 0.351 e. The van der Waals surface area contributed by atoms with Gasteiger partial charge in [-0.3, -0.25) is 4.79 Å². The molecule has 0 N–H and O–H groups in total. The van der Waals surface area contributed by atoms with Gasteiger partial charge in [0, 0.05) is 17.8 Å². The first-order valence-electron chi connectivity index (χ1n) is 10.9. The van der Waals surface area contributed by atoms with Gasteiger partial charge in [0.15, 0.2) is 0 Å². The largest absolute Gasteiger partial charge is 0.497 e. The van der Waals surface area contributed by atoms with Crippen molar-refractivity contribution in [2.45, 2.75) is 65.3 Å². The van der Waals surface area contributed by atoms with Gasteiger partial charge in [0.25, 0.3) is 0 Å². The number of esters is 2. The topological polar surface area (TPSA) is 71.1 Å². The molecule has 1 saturated heterocycles. The molecule has 2 aliphatic rings. The standard InChI is InChI=1S/C25H34O6/c1-7-17(2)20(12-15-29-16-18-8-10-19(28-6)11-9-18)30-22(27)25-14-13-24(5,21(26)31-25)23(25,3)4/h7-11,17,20H,1,12-16H2,2-6H3/t17-,20-,24-,25+/m0/s1. The molecule has 1 saturated carbocycles. The zero-order valence-electron chi connectivity index (χ0n) is 19.2. The maximum Gasteiger partial charge on any atom is 0.351 e. The number of benzene rings is 1. The van der Waals surface area contributed by atoms with E-state index in [0.29, 0.717) is 32.5 Å². The number of carbonyl (C=O) groups is 2. The molecule has 0 spiro atoms. The molecule has 1 aliphatic heterocycles. The fraction of sp³-hybridized carbons (Fsp3) is 0.600. The summed E-state index contributed by atoms with van der Waals surface area (Å²) in [4.78, 5) is 25.8. The molecule has 3 rings (SSSR count). The lowest BCUT2D eigenvalue weighted by atomic mass is 9.66. The number of methoxy groups -OCH3 is 1. The van der Waals surface area contributed by atoms with E-state index in [0.717, 1.165) is 11.3 Å². The third-order valence-electron chi connectivity index (χ3n) is 7.60. The summed E-state index contributed by atoms with van der Waals surface area (Å²) in [6, 6.07) is 7.69. The van der Waals surface area contributed by atoms with Gasteiger partial charge in [0.1, 0.15) is 11.9 Å². The van der Waals surface area contributed by atoms with Crippen molar-refractivity contribution in [3.63, 3.8) is 0 Å². The molecule has 1 heterocycles. The fourth-order valence-electron chi connectivity index (χ4n) is 4.63. The zero-order chi connectivity index (χ0) is 22.9. The summed E-state index contributed by atoms with van der Waals surface area (Å²) >= 11 is 0. The zero-order valence-corrected chi connectivity index (χ0v) is 19.2. The third kappa shape index (κ3) is 3.86. The Morgan fingerprint density at radius 1 is 1.23 bits per heavy atom.